The van der Waals surface area contributed by atoms with Crippen LogP contribution in [0.4, 0.5) is 18.0 Å². The molecule has 0 saturated heterocycles. The minimum absolute atomic E-state index is 0.0207. The quantitative estimate of drug-likeness (QED) is 0.508. The molecule has 0 bridgehead atoms. The van der Waals surface area contributed by atoms with Gasteiger partial charge in [0.1, 0.15) is 19.7 Å². The van der Waals surface area contributed by atoms with Crippen LogP contribution in [-0.4, -0.2) is 71.6 Å². The highest BCUT2D eigenvalue weighted by molar-refractivity contribution is 5.82. The number of alkyl carbamates (subject to hydrolysis) is 1. The lowest BCUT2D eigenvalue weighted by atomic mass is 9.98. The van der Waals surface area contributed by atoms with Crippen LogP contribution < -0.4 is 5.32 Å². The van der Waals surface area contributed by atoms with E-state index >= 15 is 0 Å². The molecule has 0 spiro atoms. The number of nitrogens with one attached hydrogen (secondary N) is 1. The van der Waals surface area contributed by atoms with E-state index in [1.54, 1.807) is 0 Å². The maximum absolute atomic E-state index is 12.6. The molecule has 0 fully saturated rings. The molecule has 3 N–H and O–H groups in total. The monoisotopic (exact) mass is 480 g/mol. The molecule has 0 aliphatic heterocycles. The molecule has 1 unspecified atom stereocenters. The number of carboxylic acids is 1. The Bertz CT molecular complexity index is 1010. The summed E-state index contributed by atoms with van der Waals surface area (Å²) in [7, 11) is 0. The first kappa shape index (κ1) is 25.0. The number of alkyl halides is 3. The molecule has 0 aromatic heterocycles. The average molecular weight is 480 g/mol. The fraction of sp³-hybridized carbons (Fsp3) is 0.348. The Morgan fingerprint density at radius 1 is 1.03 bits per heavy atom. The largest absolute Gasteiger partial charge is 0.480 e. The number of hydrogen-bond donors (Lipinski definition) is 3. The molecule has 1 aliphatic rings. The SMILES string of the molecule is O=C(O)CN(CC(F)(F)F)C(=O)CC(O)CNC(=O)OCC1c2ccccc2-c2ccccc21. The van der Waals surface area contributed by atoms with Gasteiger partial charge < -0.3 is 25.2 Å². The van der Waals surface area contributed by atoms with Crippen LogP contribution in [0.2, 0.25) is 0 Å². The number of carboxylic acid groups (broad SMARTS) is 1. The topological polar surface area (TPSA) is 116 Å². The number of ether oxygens (including phenoxy) is 1. The number of aliphatic carboxylic acids is 1. The average Bonchev–Trinajstić information content (AvgIpc) is 3.08. The van der Waals surface area contributed by atoms with Gasteiger partial charge in [0.2, 0.25) is 5.91 Å². The van der Waals surface area contributed by atoms with E-state index in [-0.39, 0.29) is 17.4 Å². The third kappa shape index (κ3) is 6.47. The minimum Gasteiger partial charge on any atom is -0.480 e. The van der Waals surface area contributed by atoms with E-state index in [9.17, 15) is 32.7 Å². The predicted octanol–water partition coefficient (Wildman–Crippen LogP) is 2.75. The number of halogens is 3. The van der Waals surface area contributed by atoms with Gasteiger partial charge in [0, 0.05) is 12.5 Å². The zero-order valence-electron chi connectivity index (χ0n) is 17.9. The van der Waals surface area contributed by atoms with E-state index in [4.69, 9.17) is 9.84 Å². The van der Waals surface area contributed by atoms with Crippen molar-refractivity contribution in [2.75, 3.05) is 26.2 Å². The Kier molecular flexibility index (Phi) is 7.77. The fourth-order valence-corrected chi connectivity index (χ4v) is 3.87. The summed E-state index contributed by atoms with van der Waals surface area (Å²) in [5.74, 6) is -3.01. The van der Waals surface area contributed by atoms with Gasteiger partial charge in [-0.15, -0.1) is 0 Å². The van der Waals surface area contributed by atoms with E-state index in [0.717, 1.165) is 22.3 Å². The minimum atomic E-state index is -4.80. The third-order valence-corrected chi connectivity index (χ3v) is 5.28. The van der Waals surface area contributed by atoms with Crippen LogP contribution in [0.5, 0.6) is 0 Å². The molecule has 0 heterocycles. The number of nitrogens with zero attached hydrogens (tertiary/aromatic N) is 1. The first-order chi connectivity index (χ1) is 16.0. The summed E-state index contributed by atoms with van der Waals surface area (Å²) in [5.41, 5.74) is 4.10. The van der Waals surface area contributed by atoms with Crippen LogP contribution in [0.1, 0.15) is 23.5 Å². The molecule has 0 radical (unpaired) electrons. The molecule has 182 valence electrons. The summed E-state index contributed by atoms with van der Waals surface area (Å²) in [6.07, 6.45) is -7.99. The Labute approximate surface area is 192 Å². The van der Waals surface area contributed by atoms with Crippen molar-refractivity contribution in [1.29, 1.82) is 0 Å². The zero-order chi connectivity index (χ0) is 24.9. The zero-order valence-corrected chi connectivity index (χ0v) is 17.9. The van der Waals surface area contributed by atoms with Crippen LogP contribution in [-0.2, 0) is 14.3 Å². The molecule has 1 aliphatic carbocycles. The number of fused-ring (bicyclic) bond motifs is 3. The predicted molar refractivity (Wildman–Crippen MR) is 114 cm³/mol. The molecule has 1 atom stereocenters. The Morgan fingerprint density at radius 2 is 1.59 bits per heavy atom. The number of rotatable bonds is 9. The molecule has 3 rings (SSSR count). The van der Waals surface area contributed by atoms with Crippen molar-refractivity contribution in [3.63, 3.8) is 0 Å². The first-order valence-electron chi connectivity index (χ1n) is 10.4. The summed E-state index contributed by atoms with van der Waals surface area (Å²) in [4.78, 5) is 34.9. The highest BCUT2D eigenvalue weighted by atomic mass is 19.4. The molecular weight excluding hydrogens is 457 g/mol. The molecule has 11 heteroatoms. The number of benzene rings is 2. The second kappa shape index (κ2) is 10.6. The van der Waals surface area contributed by atoms with Gasteiger partial charge in [-0.25, -0.2) is 4.79 Å². The Morgan fingerprint density at radius 3 is 2.12 bits per heavy atom. The van der Waals surface area contributed by atoms with Crippen molar-refractivity contribution >= 4 is 18.0 Å². The van der Waals surface area contributed by atoms with Crippen LogP contribution in [0, 0.1) is 0 Å². The Hall–Kier alpha value is -3.60. The normalized spacial score (nSPS) is 13.5. The number of amides is 2. The van der Waals surface area contributed by atoms with E-state index < -0.39 is 56.3 Å². The van der Waals surface area contributed by atoms with Crippen molar-refractivity contribution < 1.29 is 42.5 Å². The lowest BCUT2D eigenvalue weighted by Gasteiger charge is -2.23. The molecule has 8 nitrogen and oxygen atoms in total. The van der Waals surface area contributed by atoms with Gasteiger partial charge in [-0.05, 0) is 22.3 Å². The number of aliphatic hydroxyl groups excluding tert-OH is 1. The van der Waals surface area contributed by atoms with Gasteiger partial charge >= 0.3 is 18.2 Å². The summed E-state index contributed by atoms with van der Waals surface area (Å²) < 4.78 is 43.0. The fourth-order valence-electron chi connectivity index (χ4n) is 3.87. The number of hydrogen-bond acceptors (Lipinski definition) is 5. The van der Waals surface area contributed by atoms with Crippen molar-refractivity contribution in [3.05, 3.63) is 59.7 Å². The van der Waals surface area contributed by atoms with Crippen LogP contribution in [0.25, 0.3) is 11.1 Å². The van der Waals surface area contributed by atoms with Gasteiger partial charge in [-0.3, -0.25) is 9.59 Å². The van der Waals surface area contributed by atoms with Gasteiger partial charge in [-0.1, -0.05) is 48.5 Å². The standard InChI is InChI=1S/C23H23F3N2O6/c24-23(25,26)13-28(11-21(31)32)20(30)9-14(29)10-27-22(33)34-12-19-17-7-3-1-5-15(17)16-6-2-4-8-18(16)19/h1-8,14,19,29H,9-13H2,(H,27,33)(H,31,32). The smallest absolute Gasteiger partial charge is 0.407 e. The first-order valence-corrected chi connectivity index (χ1v) is 10.4. The van der Waals surface area contributed by atoms with Crippen LogP contribution >= 0.6 is 0 Å². The molecular formula is C23H23F3N2O6. The molecule has 34 heavy (non-hydrogen) atoms. The van der Waals surface area contributed by atoms with Gasteiger partial charge in [-0.2, -0.15) is 13.2 Å². The number of carbonyl (C=O) groups is 3. The molecule has 2 aromatic carbocycles. The summed E-state index contributed by atoms with van der Waals surface area (Å²) in [6.45, 7) is -3.36. The number of aliphatic hydroxyl groups is 1. The second-order valence-electron chi connectivity index (χ2n) is 7.82. The second-order valence-corrected chi connectivity index (χ2v) is 7.82. The van der Waals surface area contributed by atoms with E-state index in [1.165, 1.54) is 0 Å². The van der Waals surface area contributed by atoms with E-state index in [2.05, 4.69) is 5.32 Å². The van der Waals surface area contributed by atoms with Crippen molar-refractivity contribution in [3.8, 4) is 11.1 Å². The van der Waals surface area contributed by atoms with Gasteiger partial charge in [0.25, 0.3) is 0 Å². The lowest BCUT2D eigenvalue weighted by Crippen LogP contribution is -2.44. The lowest BCUT2D eigenvalue weighted by molar-refractivity contribution is -0.166. The van der Waals surface area contributed by atoms with Gasteiger partial charge in [0.05, 0.1) is 12.5 Å². The maximum Gasteiger partial charge on any atom is 0.407 e. The summed E-state index contributed by atoms with van der Waals surface area (Å²) in [6, 6.07) is 15.5. The van der Waals surface area contributed by atoms with Crippen molar-refractivity contribution in [1.82, 2.24) is 10.2 Å². The van der Waals surface area contributed by atoms with E-state index in [0.29, 0.717) is 0 Å². The highest BCUT2D eigenvalue weighted by Crippen LogP contribution is 2.44. The van der Waals surface area contributed by atoms with Crippen LogP contribution in [0.3, 0.4) is 0 Å². The number of carbonyl (C=O) groups excluding carboxylic acids is 2. The maximum atomic E-state index is 12.6. The molecule has 2 aromatic rings. The molecule has 2 amide bonds. The van der Waals surface area contributed by atoms with Crippen LogP contribution in [0.15, 0.2) is 48.5 Å². The highest BCUT2D eigenvalue weighted by Gasteiger charge is 2.34. The van der Waals surface area contributed by atoms with E-state index in [1.807, 2.05) is 48.5 Å². The Balaban J connectivity index is 1.50. The van der Waals surface area contributed by atoms with Crippen molar-refractivity contribution in [2.24, 2.45) is 0 Å². The molecule has 0 saturated carbocycles. The summed E-state index contributed by atoms with van der Waals surface area (Å²) in [5, 5.41) is 20.9. The van der Waals surface area contributed by atoms with Gasteiger partial charge in [0.15, 0.2) is 0 Å². The van der Waals surface area contributed by atoms with Crippen molar-refractivity contribution in [2.45, 2.75) is 24.6 Å². The third-order valence-electron chi connectivity index (χ3n) is 5.28. The summed E-state index contributed by atoms with van der Waals surface area (Å²) >= 11 is 0.